The van der Waals surface area contributed by atoms with Crippen LogP contribution in [-0.4, -0.2) is 0 Å². The van der Waals surface area contributed by atoms with Crippen molar-refractivity contribution < 1.29 is 8.83 Å². The number of furan rings is 2. The lowest BCUT2D eigenvalue weighted by Crippen LogP contribution is -1.81. The van der Waals surface area contributed by atoms with Gasteiger partial charge in [0.15, 0.2) is 11.2 Å². The Morgan fingerprint density at radius 1 is 0.306 bits per heavy atom. The summed E-state index contributed by atoms with van der Waals surface area (Å²) < 4.78 is 13.4. The van der Waals surface area contributed by atoms with E-state index in [0.29, 0.717) is 0 Å². The highest BCUT2D eigenvalue weighted by Gasteiger charge is 2.24. The van der Waals surface area contributed by atoms with Crippen molar-refractivity contribution in [3.8, 4) is 44.9 Å². The van der Waals surface area contributed by atoms with Crippen LogP contribution >= 0.6 is 0 Å². The van der Waals surface area contributed by atoms with Crippen molar-refractivity contribution >= 4 is 21.9 Å². The van der Waals surface area contributed by atoms with Crippen LogP contribution in [0.15, 0.2) is 142 Å². The Morgan fingerprint density at radius 2 is 0.611 bits per heavy atom. The van der Waals surface area contributed by atoms with E-state index in [2.05, 4.69) is 84.9 Å². The van der Waals surface area contributed by atoms with E-state index in [9.17, 15) is 0 Å². The van der Waals surface area contributed by atoms with E-state index in [1.807, 2.05) is 48.5 Å². The third kappa shape index (κ3) is 3.27. The van der Waals surface area contributed by atoms with Crippen molar-refractivity contribution in [3.63, 3.8) is 0 Å². The van der Waals surface area contributed by atoms with E-state index >= 15 is 0 Å². The first-order valence-corrected chi connectivity index (χ1v) is 12.1. The van der Waals surface area contributed by atoms with E-state index in [0.717, 1.165) is 66.8 Å². The fourth-order valence-electron chi connectivity index (χ4n) is 5.08. The molecule has 2 heterocycles. The minimum absolute atomic E-state index is 0.768. The molecular formula is C34H22O2. The molecule has 0 amide bonds. The topological polar surface area (TPSA) is 26.3 Å². The van der Waals surface area contributed by atoms with Crippen LogP contribution in [0.5, 0.6) is 0 Å². The minimum Gasteiger partial charge on any atom is -0.451 e. The molecular weight excluding hydrogens is 440 g/mol. The molecule has 7 aromatic rings. The number of rotatable bonds is 4. The molecule has 0 aliphatic rings. The van der Waals surface area contributed by atoms with Gasteiger partial charge in [-0.05, 0) is 23.3 Å². The summed E-state index contributed by atoms with van der Waals surface area (Å²) in [5, 5.41) is 2.08. The molecule has 7 rings (SSSR count). The first-order valence-electron chi connectivity index (χ1n) is 12.1. The molecule has 0 aliphatic heterocycles. The zero-order valence-corrected chi connectivity index (χ0v) is 19.5. The smallest absolute Gasteiger partial charge is 0.178 e. The predicted octanol–water partition coefficient (Wildman–Crippen LogP) is 9.85. The van der Waals surface area contributed by atoms with Gasteiger partial charge in [0.05, 0.1) is 0 Å². The van der Waals surface area contributed by atoms with Gasteiger partial charge in [-0.15, -0.1) is 0 Å². The molecule has 0 aliphatic carbocycles. The molecule has 5 aromatic carbocycles. The molecule has 0 saturated heterocycles. The first-order chi connectivity index (χ1) is 17.9. The maximum absolute atomic E-state index is 6.70. The normalized spacial score (nSPS) is 11.3. The molecule has 0 spiro atoms. The van der Waals surface area contributed by atoms with Crippen LogP contribution < -0.4 is 0 Å². The van der Waals surface area contributed by atoms with Gasteiger partial charge in [-0.3, -0.25) is 0 Å². The average Bonchev–Trinajstić information content (AvgIpc) is 3.54. The number of hydrogen-bond acceptors (Lipinski definition) is 2. The number of fused-ring (bicyclic) bond motifs is 3. The van der Waals surface area contributed by atoms with E-state index < -0.39 is 0 Å². The van der Waals surface area contributed by atoms with E-state index in [-0.39, 0.29) is 0 Å². The van der Waals surface area contributed by atoms with Gasteiger partial charge >= 0.3 is 0 Å². The molecule has 2 aromatic heterocycles. The first kappa shape index (κ1) is 20.5. The van der Waals surface area contributed by atoms with Crippen molar-refractivity contribution in [1.82, 2.24) is 0 Å². The van der Waals surface area contributed by atoms with E-state index in [1.165, 1.54) is 0 Å². The van der Waals surface area contributed by atoms with Gasteiger partial charge in [0.2, 0.25) is 0 Å². The lowest BCUT2D eigenvalue weighted by Gasteiger charge is -2.04. The van der Waals surface area contributed by atoms with Crippen LogP contribution in [0.4, 0.5) is 0 Å². The predicted molar refractivity (Wildman–Crippen MR) is 148 cm³/mol. The zero-order valence-electron chi connectivity index (χ0n) is 19.5. The van der Waals surface area contributed by atoms with Crippen molar-refractivity contribution in [2.45, 2.75) is 0 Å². The van der Waals surface area contributed by atoms with Crippen molar-refractivity contribution in [2.24, 2.45) is 0 Å². The molecule has 36 heavy (non-hydrogen) atoms. The third-order valence-electron chi connectivity index (χ3n) is 6.71. The maximum atomic E-state index is 6.70. The molecule has 0 N–H and O–H groups in total. The van der Waals surface area contributed by atoms with Crippen LogP contribution in [0.1, 0.15) is 0 Å². The van der Waals surface area contributed by atoms with Crippen LogP contribution in [-0.2, 0) is 0 Å². The fraction of sp³-hybridized carbons (Fsp3) is 0. The molecule has 0 saturated carbocycles. The molecule has 0 unspecified atom stereocenters. The summed E-state index contributed by atoms with van der Waals surface area (Å²) in [5.41, 5.74) is 8.02. The van der Waals surface area contributed by atoms with Gasteiger partial charge in [-0.1, -0.05) is 121 Å². The molecule has 2 nitrogen and oxygen atoms in total. The summed E-state index contributed by atoms with van der Waals surface area (Å²) in [6.45, 7) is 0. The quantitative estimate of drug-likeness (QED) is 0.260. The Morgan fingerprint density at radius 3 is 0.944 bits per heavy atom. The molecule has 0 radical (unpaired) electrons. The monoisotopic (exact) mass is 462 g/mol. The van der Waals surface area contributed by atoms with Crippen LogP contribution in [0.25, 0.3) is 66.8 Å². The second kappa shape index (κ2) is 8.44. The number of benzene rings is 5. The Bertz CT molecular complexity index is 1660. The highest BCUT2D eigenvalue weighted by Crippen LogP contribution is 2.48. The van der Waals surface area contributed by atoms with Crippen LogP contribution in [0.2, 0.25) is 0 Å². The lowest BCUT2D eigenvalue weighted by atomic mass is 9.96. The van der Waals surface area contributed by atoms with Crippen LogP contribution in [0.3, 0.4) is 0 Å². The van der Waals surface area contributed by atoms with Crippen molar-refractivity contribution in [3.05, 3.63) is 133 Å². The SMILES string of the molecule is c1ccc(-c2oc3c(ccc4c(-c5ccccc5)c(-c5ccccc5)oc43)c2-c2ccccc2)cc1. The summed E-state index contributed by atoms with van der Waals surface area (Å²) >= 11 is 0. The van der Waals surface area contributed by atoms with Gasteiger partial charge in [0.1, 0.15) is 11.5 Å². The summed E-state index contributed by atoms with van der Waals surface area (Å²) in [6, 6.07) is 45.8. The van der Waals surface area contributed by atoms with E-state index in [1.54, 1.807) is 0 Å². The average molecular weight is 463 g/mol. The largest absolute Gasteiger partial charge is 0.451 e. The second-order valence-corrected chi connectivity index (χ2v) is 8.90. The third-order valence-corrected chi connectivity index (χ3v) is 6.71. The highest BCUT2D eigenvalue weighted by molar-refractivity contribution is 6.15. The Hall–Kier alpha value is -4.82. The molecule has 2 heteroatoms. The van der Waals surface area contributed by atoms with Crippen molar-refractivity contribution in [2.75, 3.05) is 0 Å². The molecule has 0 atom stereocenters. The summed E-state index contributed by atoms with van der Waals surface area (Å²) in [4.78, 5) is 0. The number of hydrogen-bond donors (Lipinski definition) is 0. The minimum atomic E-state index is 0.768. The zero-order chi connectivity index (χ0) is 23.9. The molecule has 170 valence electrons. The van der Waals surface area contributed by atoms with Gasteiger partial charge in [0.25, 0.3) is 0 Å². The van der Waals surface area contributed by atoms with Gasteiger partial charge < -0.3 is 8.83 Å². The van der Waals surface area contributed by atoms with Crippen LogP contribution in [0, 0.1) is 0 Å². The van der Waals surface area contributed by atoms with Gasteiger partial charge in [-0.2, -0.15) is 0 Å². The summed E-state index contributed by atoms with van der Waals surface area (Å²) in [5.74, 6) is 1.70. The van der Waals surface area contributed by atoms with E-state index in [4.69, 9.17) is 8.83 Å². The molecule has 0 fully saturated rings. The lowest BCUT2D eigenvalue weighted by molar-refractivity contribution is 0.599. The maximum Gasteiger partial charge on any atom is 0.178 e. The Balaban J connectivity index is 1.59. The van der Waals surface area contributed by atoms with Crippen molar-refractivity contribution in [1.29, 1.82) is 0 Å². The second-order valence-electron chi connectivity index (χ2n) is 8.90. The van der Waals surface area contributed by atoms with Gasteiger partial charge in [-0.25, -0.2) is 0 Å². The summed E-state index contributed by atoms with van der Waals surface area (Å²) in [6.07, 6.45) is 0. The van der Waals surface area contributed by atoms with Gasteiger partial charge in [0, 0.05) is 33.0 Å². The fourth-order valence-corrected chi connectivity index (χ4v) is 5.08. The Labute approximate surface area is 209 Å². The Kier molecular flexibility index (Phi) is 4.82. The summed E-state index contributed by atoms with van der Waals surface area (Å²) in [7, 11) is 0. The highest BCUT2D eigenvalue weighted by atomic mass is 16.4. The standard InChI is InChI=1S/C34H22O2/c1-5-13-23(14-6-1)29-27-21-22-28-30(24-15-7-2-8-16-24)32(26-19-11-4-12-20-26)36-34(28)33(27)35-31(29)25-17-9-3-10-18-25/h1-22H. The molecule has 0 bridgehead atoms.